The number of aromatic nitrogens is 2. The first-order valence-corrected chi connectivity index (χ1v) is 13.1. The number of anilines is 1. The number of furan rings is 1. The number of rotatable bonds is 5. The zero-order valence-electron chi connectivity index (χ0n) is 21.8. The van der Waals surface area contributed by atoms with E-state index in [0.29, 0.717) is 24.2 Å². The third-order valence-corrected chi connectivity index (χ3v) is 6.92. The van der Waals surface area contributed by atoms with E-state index in [4.69, 9.17) is 9.41 Å². The summed E-state index contributed by atoms with van der Waals surface area (Å²) in [4.78, 5) is 47.4. The van der Waals surface area contributed by atoms with Crippen molar-refractivity contribution in [2.45, 2.75) is 45.1 Å². The zero-order chi connectivity index (χ0) is 26.6. The van der Waals surface area contributed by atoms with Crippen LogP contribution >= 0.6 is 0 Å². The van der Waals surface area contributed by atoms with Crippen LogP contribution in [0.25, 0.3) is 11.0 Å². The van der Waals surface area contributed by atoms with Crippen LogP contribution in [0.2, 0.25) is 0 Å². The molecule has 38 heavy (non-hydrogen) atoms. The predicted molar refractivity (Wildman–Crippen MR) is 143 cm³/mol. The number of nitrogens with zero attached hydrogens (tertiary/aromatic N) is 5. The fraction of sp³-hybridized carbons (Fsp3) is 0.444. The highest BCUT2D eigenvalue weighted by Gasteiger charge is 2.30. The second-order valence-corrected chi connectivity index (χ2v) is 9.93. The van der Waals surface area contributed by atoms with Crippen LogP contribution in [-0.2, 0) is 16.6 Å². The summed E-state index contributed by atoms with van der Waals surface area (Å²) in [6.45, 7) is 3.96. The van der Waals surface area contributed by atoms with E-state index in [-0.39, 0.29) is 24.3 Å². The monoisotopic (exact) mass is 519 g/mol. The van der Waals surface area contributed by atoms with Crippen molar-refractivity contribution < 1.29 is 18.8 Å². The average Bonchev–Trinajstić information content (AvgIpc) is 3.63. The van der Waals surface area contributed by atoms with E-state index in [1.165, 1.54) is 6.20 Å². The molecule has 0 spiro atoms. The first kappa shape index (κ1) is 25.5. The Bertz CT molecular complexity index is 1370. The summed E-state index contributed by atoms with van der Waals surface area (Å²) >= 11 is 0. The molecule has 1 aromatic carbocycles. The van der Waals surface area contributed by atoms with E-state index in [1.807, 2.05) is 36.1 Å². The van der Waals surface area contributed by atoms with E-state index in [9.17, 15) is 14.4 Å². The molecule has 4 heterocycles. The molecule has 0 radical (unpaired) electrons. The second-order valence-electron chi connectivity index (χ2n) is 9.93. The maximum absolute atomic E-state index is 13.5. The van der Waals surface area contributed by atoms with Gasteiger partial charge in [-0.3, -0.25) is 24.4 Å². The van der Waals surface area contributed by atoms with Gasteiger partial charge in [0.1, 0.15) is 17.4 Å². The summed E-state index contributed by atoms with van der Waals surface area (Å²) in [6, 6.07) is 6.77. The highest BCUT2D eigenvalue weighted by atomic mass is 16.3. The van der Waals surface area contributed by atoms with Gasteiger partial charge in [-0.15, -0.1) is 0 Å². The van der Waals surface area contributed by atoms with Crippen molar-refractivity contribution in [2.75, 3.05) is 31.5 Å². The normalized spacial score (nSPS) is 18.6. The SMILES string of the molecule is Cc1cc2cc(NC(=N[C@H]3CCCCN(CC(=O)N4CCCC4)C3=O)NC(=O)c3cnn(C)c3)ccc2o1. The molecule has 2 N–H and O–H groups in total. The standard InChI is InChI=1S/C27H33N7O4/c1-18-13-19-14-21(8-9-23(19)38-18)29-27(31-25(36)20-15-28-32(2)16-20)30-22-7-3-4-12-34(26(22)37)17-24(35)33-10-5-6-11-33/h8-9,13-16,22H,3-7,10-12,17H2,1-2H3,(H2,29,30,31,36)/t22-/m0/s1. The van der Waals surface area contributed by atoms with Gasteiger partial charge in [0.15, 0.2) is 0 Å². The number of carbonyl (C=O) groups is 3. The Kier molecular flexibility index (Phi) is 7.43. The lowest BCUT2D eigenvalue weighted by Crippen LogP contribution is -2.45. The molecular weight excluding hydrogens is 486 g/mol. The van der Waals surface area contributed by atoms with Gasteiger partial charge in [-0.1, -0.05) is 0 Å². The van der Waals surface area contributed by atoms with Crippen molar-refractivity contribution in [1.29, 1.82) is 0 Å². The van der Waals surface area contributed by atoms with E-state index in [2.05, 4.69) is 15.7 Å². The van der Waals surface area contributed by atoms with Gasteiger partial charge in [0.2, 0.25) is 17.8 Å². The van der Waals surface area contributed by atoms with E-state index >= 15 is 0 Å². The summed E-state index contributed by atoms with van der Waals surface area (Å²) in [5, 5.41) is 11.0. The Labute approximate surface area is 220 Å². The van der Waals surface area contributed by atoms with Gasteiger partial charge >= 0.3 is 0 Å². The van der Waals surface area contributed by atoms with Crippen LogP contribution in [0.3, 0.4) is 0 Å². The van der Waals surface area contributed by atoms with Gasteiger partial charge in [0.05, 0.1) is 18.3 Å². The van der Waals surface area contributed by atoms with Crippen LogP contribution in [-0.4, -0.2) is 75.5 Å². The molecule has 2 aliphatic heterocycles. The smallest absolute Gasteiger partial charge is 0.261 e. The molecule has 0 unspecified atom stereocenters. The lowest BCUT2D eigenvalue weighted by Gasteiger charge is -2.25. The van der Waals surface area contributed by atoms with E-state index in [0.717, 1.165) is 55.5 Å². The van der Waals surface area contributed by atoms with Crippen LogP contribution in [0.4, 0.5) is 5.69 Å². The van der Waals surface area contributed by atoms with Crippen LogP contribution in [0.15, 0.2) is 46.1 Å². The molecule has 5 rings (SSSR count). The minimum atomic E-state index is -0.722. The highest BCUT2D eigenvalue weighted by molar-refractivity contribution is 6.10. The number of aryl methyl sites for hydroxylation is 2. The molecule has 0 saturated carbocycles. The number of hydrogen-bond donors (Lipinski definition) is 2. The van der Waals surface area contributed by atoms with Crippen molar-refractivity contribution in [3.63, 3.8) is 0 Å². The van der Waals surface area contributed by atoms with Crippen molar-refractivity contribution in [3.05, 3.63) is 48.0 Å². The Morgan fingerprint density at radius 1 is 1.13 bits per heavy atom. The van der Waals surface area contributed by atoms with Gasteiger partial charge in [0, 0.05) is 44.0 Å². The summed E-state index contributed by atoms with van der Waals surface area (Å²) in [7, 11) is 1.73. The maximum atomic E-state index is 13.5. The Morgan fingerprint density at radius 2 is 1.92 bits per heavy atom. The van der Waals surface area contributed by atoms with Crippen molar-refractivity contribution in [2.24, 2.45) is 12.0 Å². The number of likely N-dealkylation sites (tertiary alicyclic amines) is 2. The molecule has 0 bridgehead atoms. The number of benzene rings is 1. The minimum Gasteiger partial charge on any atom is -0.461 e. The molecule has 2 aromatic heterocycles. The maximum Gasteiger partial charge on any atom is 0.261 e. The molecule has 200 valence electrons. The lowest BCUT2D eigenvalue weighted by atomic mass is 10.1. The van der Waals surface area contributed by atoms with Crippen molar-refractivity contribution in [1.82, 2.24) is 24.9 Å². The number of carbonyl (C=O) groups excluding carboxylic acids is 3. The quantitative estimate of drug-likeness (QED) is 0.394. The first-order chi connectivity index (χ1) is 18.4. The number of amides is 3. The molecule has 11 heteroatoms. The fourth-order valence-corrected chi connectivity index (χ4v) is 4.95. The number of nitrogens with one attached hydrogen (secondary N) is 2. The Balaban J connectivity index is 1.39. The molecule has 2 saturated heterocycles. The van der Waals surface area contributed by atoms with Crippen molar-refractivity contribution in [3.8, 4) is 0 Å². The van der Waals surface area contributed by atoms with Crippen LogP contribution < -0.4 is 10.6 Å². The molecule has 1 atom stereocenters. The first-order valence-electron chi connectivity index (χ1n) is 13.1. The van der Waals surface area contributed by atoms with Crippen LogP contribution in [0.1, 0.15) is 48.2 Å². The molecular formula is C27H33N7O4. The van der Waals surface area contributed by atoms with Gasteiger partial charge < -0.3 is 19.5 Å². The molecule has 11 nitrogen and oxygen atoms in total. The lowest BCUT2D eigenvalue weighted by molar-refractivity contribution is -0.140. The Hall–Kier alpha value is -4.15. The highest BCUT2D eigenvalue weighted by Crippen LogP contribution is 2.23. The molecule has 3 amide bonds. The zero-order valence-corrected chi connectivity index (χ0v) is 21.8. The number of fused-ring (bicyclic) bond motifs is 1. The number of guanidine groups is 1. The molecule has 2 aliphatic rings. The van der Waals surface area contributed by atoms with Gasteiger partial charge in [0.25, 0.3) is 5.91 Å². The summed E-state index contributed by atoms with van der Waals surface area (Å²) in [5.74, 6) is 0.332. The van der Waals surface area contributed by atoms with Gasteiger partial charge in [-0.05, 0) is 63.3 Å². The van der Waals surface area contributed by atoms with E-state index in [1.54, 1.807) is 22.8 Å². The average molecular weight is 520 g/mol. The predicted octanol–water partition coefficient (Wildman–Crippen LogP) is 2.68. The van der Waals surface area contributed by atoms with Crippen LogP contribution in [0, 0.1) is 6.92 Å². The van der Waals surface area contributed by atoms with Crippen LogP contribution in [0.5, 0.6) is 0 Å². The third kappa shape index (κ3) is 5.87. The third-order valence-electron chi connectivity index (χ3n) is 6.92. The largest absolute Gasteiger partial charge is 0.461 e. The molecule has 3 aromatic rings. The second kappa shape index (κ2) is 11.1. The number of aliphatic imine (C=N–C) groups is 1. The summed E-state index contributed by atoms with van der Waals surface area (Å²) in [6.07, 6.45) is 7.20. The number of hydrogen-bond acceptors (Lipinski definition) is 6. The molecule has 2 fully saturated rings. The van der Waals surface area contributed by atoms with Gasteiger partial charge in [-0.2, -0.15) is 5.10 Å². The van der Waals surface area contributed by atoms with E-state index < -0.39 is 11.9 Å². The van der Waals surface area contributed by atoms with Crippen molar-refractivity contribution >= 4 is 40.3 Å². The minimum absolute atomic E-state index is 0.0209. The topological polar surface area (TPSA) is 125 Å². The van der Waals surface area contributed by atoms with Gasteiger partial charge in [-0.25, -0.2) is 4.99 Å². The summed E-state index contributed by atoms with van der Waals surface area (Å²) < 4.78 is 7.20. The molecule has 0 aliphatic carbocycles. The fourth-order valence-electron chi connectivity index (χ4n) is 4.95. The summed E-state index contributed by atoms with van der Waals surface area (Å²) in [5.41, 5.74) is 1.81. The Morgan fingerprint density at radius 3 is 2.68 bits per heavy atom.